The minimum Gasteiger partial charge on any atom is -0.205 e. The van der Waals surface area contributed by atoms with Crippen molar-refractivity contribution in [2.75, 3.05) is 14.1 Å². The van der Waals surface area contributed by atoms with Crippen molar-refractivity contribution in [3.63, 3.8) is 0 Å². The minimum absolute atomic E-state index is 0.388. The Morgan fingerprint density at radius 1 is 1.64 bits per heavy atom. The van der Waals surface area contributed by atoms with Crippen LogP contribution in [-0.2, 0) is 16.8 Å². The van der Waals surface area contributed by atoms with Crippen LogP contribution >= 0.6 is 27.3 Å². The molecule has 7 heteroatoms. The average Bonchev–Trinajstić information content (AvgIpc) is 2.51. The lowest BCUT2D eigenvalue weighted by Gasteiger charge is -2.14. The van der Waals surface area contributed by atoms with Gasteiger partial charge in [-0.25, -0.2) is 4.72 Å². The molecule has 0 aliphatic rings. The Labute approximate surface area is 96.2 Å². The Balaban J connectivity index is 2.71. The van der Waals surface area contributed by atoms with Crippen LogP contribution < -0.4 is 4.72 Å². The molecule has 0 aromatic carbocycles. The molecule has 0 fully saturated rings. The van der Waals surface area contributed by atoms with Crippen molar-refractivity contribution in [1.82, 2.24) is 9.03 Å². The predicted octanol–water partition coefficient (Wildman–Crippen LogP) is 1.41. The third kappa shape index (κ3) is 3.03. The second-order valence-electron chi connectivity index (χ2n) is 2.70. The molecule has 0 amide bonds. The first-order valence-corrected chi connectivity index (χ1v) is 6.94. The first kappa shape index (κ1) is 12.1. The largest absolute Gasteiger partial charge is 0.279 e. The summed E-state index contributed by atoms with van der Waals surface area (Å²) in [6, 6.07) is 1.91. The molecule has 80 valence electrons. The molecule has 1 heterocycles. The van der Waals surface area contributed by atoms with E-state index in [-0.39, 0.29) is 0 Å². The predicted molar refractivity (Wildman–Crippen MR) is 61.5 cm³/mol. The zero-order chi connectivity index (χ0) is 10.8. The van der Waals surface area contributed by atoms with Crippen LogP contribution in [0.4, 0.5) is 0 Å². The third-order valence-corrected chi connectivity index (χ3v) is 4.82. The standard InChI is InChI=1S/C7H11BrN2O2S2/c1-9-14(11,12)10(2)4-7-3-6(8)5-13-7/h3,5,9H,4H2,1-2H3. The minimum atomic E-state index is -3.31. The van der Waals surface area contributed by atoms with E-state index in [1.54, 1.807) is 7.05 Å². The summed E-state index contributed by atoms with van der Waals surface area (Å²) in [5.41, 5.74) is 0. The van der Waals surface area contributed by atoms with E-state index >= 15 is 0 Å². The summed E-state index contributed by atoms with van der Waals surface area (Å²) < 4.78 is 27.1. The number of thiophene rings is 1. The molecule has 0 atom stereocenters. The molecule has 1 N–H and O–H groups in total. The van der Waals surface area contributed by atoms with Crippen LogP contribution in [0.15, 0.2) is 15.9 Å². The highest BCUT2D eigenvalue weighted by molar-refractivity contribution is 9.10. The Bertz CT molecular complexity index is 402. The first-order chi connectivity index (χ1) is 6.45. The quantitative estimate of drug-likeness (QED) is 0.914. The van der Waals surface area contributed by atoms with Gasteiger partial charge in [-0.15, -0.1) is 11.3 Å². The van der Waals surface area contributed by atoms with E-state index in [1.165, 1.54) is 22.7 Å². The smallest absolute Gasteiger partial charge is 0.205 e. The maximum atomic E-state index is 11.3. The summed E-state index contributed by atoms with van der Waals surface area (Å²) in [6.45, 7) is 0.388. The lowest BCUT2D eigenvalue weighted by molar-refractivity contribution is 0.462. The van der Waals surface area contributed by atoms with Gasteiger partial charge in [0.15, 0.2) is 0 Å². The molecule has 1 rings (SSSR count). The normalized spacial score (nSPS) is 12.3. The SMILES string of the molecule is CNS(=O)(=O)N(C)Cc1cc(Br)cs1. The van der Waals surface area contributed by atoms with Crippen LogP contribution in [0.25, 0.3) is 0 Å². The van der Waals surface area contributed by atoms with E-state index in [9.17, 15) is 8.42 Å². The molecule has 1 aromatic rings. The molecular formula is C7H11BrN2O2S2. The van der Waals surface area contributed by atoms with E-state index in [0.717, 1.165) is 9.35 Å². The van der Waals surface area contributed by atoms with Gasteiger partial charge in [-0.1, -0.05) is 0 Å². The van der Waals surface area contributed by atoms with E-state index in [2.05, 4.69) is 20.7 Å². The second-order valence-corrected chi connectivity index (χ2v) is 6.59. The van der Waals surface area contributed by atoms with Crippen LogP contribution in [0.5, 0.6) is 0 Å². The van der Waals surface area contributed by atoms with Crippen LogP contribution in [0.3, 0.4) is 0 Å². The fraction of sp³-hybridized carbons (Fsp3) is 0.429. The highest BCUT2D eigenvalue weighted by Crippen LogP contribution is 2.21. The number of nitrogens with zero attached hydrogens (tertiary/aromatic N) is 1. The number of nitrogens with one attached hydrogen (secondary N) is 1. The Morgan fingerprint density at radius 2 is 2.29 bits per heavy atom. The zero-order valence-electron chi connectivity index (χ0n) is 7.82. The van der Waals surface area contributed by atoms with E-state index in [4.69, 9.17) is 0 Å². The van der Waals surface area contributed by atoms with Crippen molar-refractivity contribution in [1.29, 1.82) is 0 Å². The fourth-order valence-electron chi connectivity index (χ4n) is 0.897. The van der Waals surface area contributed by atoms with E-state index < -0.39 is 10.2 Å². The van der Waals surface area contributed by atoms with Crippen molar-refractivity contribution in [3.05, 3.63) is 20.8 Å². The van der Waals surface area contributed by atoms with Crippen LogP contribution in [-0.4, -0.2) is 26.8 Å². The van der Waals surface area contributed by atoms with Gasteiger partial charge in [-0.2, -0.15) is 12.7 Å². The lowest BCUT2D eigenvalue weighted by atomic mass is 10.5. The molecule has 0 spiro atoms. The van der Waals surface area contributed by atoms with Gasteiger partial charge in [0.1, 0.15) is 0 Å². The number of hydrogen-bond acceptors (Lipinski definition) is 3. The van der Waals surface area contributed by atoms with Gasteiger partial charge in [-0.05, 0) is 22.0 Å². The number of halogens is 1. The fourth-order valence-corrected chi connectivity index (χ4v) is 3.10. The molecule has 0 unspecified atom stereocenters. The molecular weight excluding hydrogens is 288 g/mol. The summed E-state index contributed by atoms with van der Waals surface area (Å²) in [5.74, 6) is 0. The highest BCUT2D eigenvalue weighted by atomic mass is 79.9. The van der Waals surface area contributed by atoms with Gasteiger partial charge >= 0.3 is 0 Å². The molecule has 0 radical (unpaired) electrons. The molecule has 4 nitrogen and oxygen atoms in total. The summed E-state index contributed by atoms with van der Waals surface area (Å²) in [5, 5.41) is 1.93. The van der Waals surface area contributed by atoms with Crippen molar-refractivity contribution in [3.8, 4) is 0 Å². The Morgan fingerprint density at radius 3 is 2.71 bits per heavy atom. The summed E-state index contributed by atoms with van der Waals surface area (Å²) in [7, 11) is -0.372. The van der Waals surface area contributed by atoms with Gasteiger partial charge in [0.2, 0.25) is 0 Å². The molecule has 0 bridgehead atoms. The Hall–Kier alpha value is 0.0500. The molecule has 1 aromatic heterocycles. The molecule has 0 saturated heterocycles. The van der Waals surface area contributed by atoms with E-state index in [1.807, 2.05) is 11.4 Å². The van der Waals surface area contributed by atoms with E-state index in [0.29, 0.717) is 6.54 Å². The molecule has 14 heavy (non-hydrogen) atoms. The summed E-state index contributed by atoms with van der Waals surface area (Å²) >= 11 is 4.84. The van der Waals surface area contributed by atoms with Crippen molar-refractivity contribution in [2.45, 2.75) is 6.54 Å². The van der Waals surface area contributed by atoms with Crippen LogP contribution in [0.1, 0.15) is 4.88 Å². The average molecular weight is 299 g/mol. The summed E-state index contributed by atoms with van der Waals surface area (Å²) in [4.78, 5) is 0.998. The molecule has 0 saturated carbocycles. The van der Waals surface area contributed by atoms with Gasteiger partial charge in [-0.3, -0.25) is 0 Å². The van der Waals surface area contributed by atoms with Crippen molar-refractivity contribution < 1.29 is 8.42 Å². The van der Waals surface area contributed by atoms with Gasteiger partial charge in [0.25, 0.3) is 10.2 Å². The highest BCUT2D eigenvalue weighted by Gasteiger charge is 2.15. The zero-order valence-corrected chi connectivity index (χ0v) is 11.0. The number of hydrogen-bond donors (Lipinski definition) is 1. The third-order valence-electron chi connectivity index (χ3n) is 1.67. The van der Waals surface area contributed by atoms with Crippen LogP contribution in [0.2, 0.25) is 0 Å². The van der Waals surface area contributed by atoms with Crippen molar-refractivity contribution in [2.24, 2.45) is 0 Å². The number of rotatable bonds is 4. The van der Waals surface area contributed by atoms with Gasteiger partial charge < -0.3 is 0 Å². The molecule has 0 aliphatic heterocycles. The van der Waals surface area contributed by atoms with Crippen LogP contribution in [0, 0.1) is 0 Å². The van der Waals surface area contributed by atoms with Crippen molar-refractivity contribution >= 4 is 37.5 Å². The maximum absolute atomic E-state index is 11.3. The maximum Gasteiger partial charge on any atom is 0.279 e. The van der Waals surface area contributed by atoms with Gasteiger partial charge in [0, 0.05) is 35.4 Å². The summed E-state index contributed by atoms with van der Waals surface area (Å²) in [6.07, 6.45) is 0. The topological polar surface area (TPSA) is 49.4 Å². The second kappa shape index (κ2) is 4.71. The lowest BCUT2D eigenvalue weighted by Crippen LogP contribution is -2.35. The Kier molecular flexibility index (Phi) is 4.08. The first-order valence-electron chi connectivity index (χ1n) is 3.83. The molecule has 0 aliphatic carbocycles. The van der Waals surface area contributed by atoms with Gasteiger partial charge in [0.05, 0.1) is 0 Å². The monoisotopic (exact) mass is 298 g/mol.